The number of hydrogen-bond donors (Lipinski definition) is 1. The van der Waals surface area contributed by atoms with E-state index >= 15 is 0 Å². The molecule has 0 unspecified atom stereocenters. The summed E-state index contributed by atoms with van der Waals surface area (Å²) in [6, 6.07) is 0. The Kier molecular flexibility index (Phi) is 6.73. The van der Waals surface area contributed by atoms with Crippen molar-refractivity contribution >= 4 is 5.97 Å². The van der Waals surface area contributed by atoms with Crippen molar-refractivity contribution in [1.82, 2.24) is 0 Å². The van der Waals surface area contributed by atoms with Gasteiger partial charge in [-0.05, 0) is 6.92 Å². The Bertz CT molecular complexity index is 123. The lowest BCUT2D eigenvalue weighted by Gasteiger charge is -1.99. The second kappa shape index (κ2) is 7.28. The molecule has 0 aliphatic heterocycles. The van der Waals surface area contributed by atoms with E-state index in [-0.39, 0.29) is 5.97 Å². The van der Waals surface area contributed by atoms with Gasteiger partial charge >= 0.3 is 5.97 Å². The number of nitrogens with two attached hydrogens (primary N) is 1. The first-order valence-electron chi connectivity index (χ1n) is 3.92. The van der Waals surface area contributed by atoms with Gasteiger partial charge in [-0.25, -0.2) is 4.79 Å². The molecule has 0 aliphatic carbocycles. The first kappa shape index (κ1) is 10.2. The summed E-state index contributed by atoms with van der Waals surface area (Å²) in [6.07, 6.45) is 2.09. The molecule has 0 amide bonds. The maximum absolute atomic E-state index is 10.5. The van der Waals surface area contributed by atoms with Crippen LogP contribution in [0.25, 0.3) is 0 Å². The van der Waals surface area contributed by atoms with Crippen LogP contribution in [0.4, 0.5) is 0 Å². The van der Waals surface area contributed by atoms with Crippen molar-refractivity contribution in [3.8, 4) is 0 Å². The molecule has 0 spiro atoms. The third-order valence-electron chi connectivity index (χ3n) is 1.25. The Morgan fingerprint density at radius 2 is 2.45 bits per heavy atom. The fourth-order valence-corrected chi connectivity index (χ4v) is 0.663. The van der Waals surface area contributed by atoms with Crippen molar-refractivity contribution in [2.24, 2.45) is 0 Å². The van der Waals surface area contributed by atoms with E-state index in [2.05, 4.69) is 18.8 Å². The van der Waals surface area contributed by atoms with Crippen LogP contribution >= 0.6 is 0 Å². The van der Waals surface area contributed by atoms with Gasteiger partial charge in [-0.1, -0.05) is 6.58 Å². The summed E-state index contributed by atoms with van der Waals surface area (Å²) in [5.41, 5.74) is 0. The highest BCUT2D eigenvalue weighted by Crippen LogP contribution is 1.81. The number of esters is 1. The highest BCUT2D eigenvalue weighted by Gasteiger charge is 1.94. The van der Waals surface area contributed by atoms with Crippen molar-refractivity contribution in [3.63, 3.8) is 0 Å². The van der Waals surface area contributed by atoms with Crippen LogP contribution in [-0.4, -0.2) is 25.7 Å². The lowest BCUT2D eigenvalue weighted by molar-refractivity contribution is -0.652. The normalized spacial score (nSPS) is 9.18. The largest absolute Gasteiger partial charge is 0.462 e. The summed E-state index contributed by atoms with van der Waals surface area (Å²) < 4.78 is 4.76. The third kappa shape index (κ3) is 7.06. The number of quaternary nitrogens is 1. The number of hydrogen-bond acceptors (Lipinski definition) is 2. The zero-order valence-electron chi connectivity index (χ0n) is 7.01. The average molecular weight is 158 g/mol. The van der Waals surface area contributed by atoms with Gasteiger partial charge in [0.05, 0.1) is 19.7 Å². The van der Waals surface area contributed by atoms with Gasteiger partial charge in [-0.2, -0.15) is 0 Å². The standard InChI is InChI=1S/C8H15NO2/c1-3-8(10)11-7-5-6-9-4-2/h3,9H,1,4-7H2,2H3/p+1. The smallest absolute Gasteiger partial charge is 0.330 e. The number of carbonyl (C=O) groups excluding carboxylic acids is 1. The zero-order valence-corrected chi connectivity index (χ0v) is 7.01. The number of carbonyl (C=O) groups is 1. The van der Waals surface area contributed by atoms with E-state index in [0.717, 1.165) is 19.5 Å². The maximum Gasteiger partial charge on any atom is 0.330 e. The fraction of sp³-hybridized carbons (Fsp3) is 0.625. The molecule has 64 valence electrons. The minimum Gasteiger partial charge on any atom is -0.462 e. The van der Waals surface area contributed by atoms with Crippen molar-refractivity contribution in [1.29, 1.82) is 0 Å². The van der Waals surface area contributed by atoms with E-state index in [4.69, 9.17) is 4.74 Å². The zero-order chi connectivity index (χ0) is 8.53. The topological polar surface area (TPSA) is 42.9 Å². The van der Waals surface area contributed by atoms with Gasteiger partial charge in [0, 0.05) is 12.5 Å². The Morgan fingerprint density at radius 1 is 1.73 bits per heavy atom. The van der Waals surface area contributed by atoms with Gasteiger partial charge in [-0.3, -0.25) is 0 Å². The van der Waals surface area contributed by atoms with Crippen LogP contribution < -0.4 is 5.32 Å². The molecule has 0 atom stereocenters. The van der Waals surface area contributed by atoms with Crippen molar-refractivity contribution in [3.05, 3.63) is 12.7 Å². The third-order valence-corrected chi connectivity index (χ3v) is 1.25. The molecular formula is C8H16NO2+. The molecule has 3 heteroatoms. The van der Waals surface area contributed by atoms with Crippen LogP contribution in [0.2, 0.25) is 0 Å². The SMILES string of the molecule is C=CC(=O)OCCC[NH2+]CC. The first-order chi connectivity index (χ1) is 5.31. The molecule has 0 aromatic carbocycles. The van der Waals surface area contributed by atoms with E-state index in [1.165, 1.54) is 6.08 Å². The maximum atomic E-state index is 10.5. The van der Waals surface area contributed by atoms with Gasteiger partial charge in [0.15, 0.2) is 0 Å². The van der Waals surface area contributed by atoms with Crippen molar-refractivity contribution < 1.29 is 14.8 Å². The van der Waals surface area contributed by atoms with Crippen LogP contribution in [0.5, 0.6) is 0 Å². The van der Waals surface area contributed by atoms with E-state index in [1.807, 2.05) is 0 Å². The molecule has 0 aliphatic rings. The molecule has 0 fully saturated rings. The summed E-state index contributed by atoms with van der Waals surface area (Å²) in [6.45, 7) is 7.98. The van der Waals surface area contributed by atoms with E-state index in [0.29, 0.717) is 6.61 Å². The average Bonchev–Trinajstić information content (AvgIpc) is 2.04. The summed E-state index contributed by atoms with van der Waals surface area (Å²) in [7, 11) is 0. The minimum atomic E-state index is -0.332. The highest BCUT2D eigenvalue weighted by atomic mass is 16.5. The molecule has 0 aromatic heterocycles. The van der Waals surface area contributed by atoms with Crippen LogP contribution in [0.15, 0.2) is 12.7 Å². The van der Waals surface area contributed by atoms with Crippen LogP contribution in [0, 0.1) is 0 Å². The number of ether oxygens (including phenoxy) is 1. The summed E-state index contributed by atoms with van der Waals surface area (Å²) >= 11 is 0. The molecule has 0 radical (unpaired) electrons. The highest BCUT2D eigenvalue weighted by molar-refractivity contribution is 5.81. The molecular weight excluding hydrogens is 142 g/mol. The molecule has 0 aromatic rings. The Balaban J connectivity index is 3.01. The van der Waals surface area contributed by atoms with Gasteiger partial charge in [0.2, 0.25) is 0 Å². The number of rotatable bonds is 6. The van der Waals surface area contributed by atoms with Crippen LogP contribution in [0.1, 0.15) is 13.3 Å². The summed E-state index contributed by atoms with van der Waals surface area (Å²) in [5, 5.41) is 2.17. The lowest BCUT2D eigenvalue weighted by Crippen LogP contribution is -2.83. The predicted molar refractivity (Wildman–Crippen MR) is 43.1 cm³/mol. The second-order valence-electron chi connectivity index (χ2n) is 2.21. The van der Waals surface area contributed by atoms with Gasteiger partial charge in [-0.15, -0.1) is 0 Å². The lowest BCUT2D eigenvalue weighted by atomic mass is 10.4. The quantitative estimate of drug-likeness (QED) is 0.327. The van der Waals surface area contributed by atoms with Gasteiger partial charge in [0.1, 0.15) is 0 Å². The van der Waals surface area contributed by atoms with Crippen LogP contribution in [0.3, 0.4) is 0 Å². The fourth-order valence-electron chi connectivity index (χ4n) is 0.663. The van der Waals surface area contributed by atoms with Gasteiger partial charge < -0.3 is 10.1 Å². The second-order valence-corrected chi connectivity index (χ2v) is 2.21. The van der Waals surface area contributed by atoms with E-state index in [1.54, 1.807) is 0 Å². The molecule has 3 nitrogen and oxygen atoms in total. The Labute approximate surface area is 67.4 Å². The van der Waals surface area contributed by atoms with Crippen LogP contribution in [-0.2, 0) is 9.53 Å². The molecule has 0 saturated carbocycles. The van der Waals surface area contributed by atoms with Gasteiger partial charge in [0.25, 0.3) is 0 Å². The molecule has 0 bridgehead atoms. The molecule has 2 N–H and O–H groups in total. The molecule has 0 rings (SSSR count). The molecule has 0 saturated heterocycles. The minimum absolute atomic E-state index is 0.332. The predicted octanol–water partition coefficient (Wildman–Crippen LogP) is -0.311. The Hall–Kier alpha value is -0.830. The van der Waals surface area contributed by atoms with E-state index in [9.17, 15) is 4.79 Å². The monoisotopic (exact) mass is 158 g/mol. The summed E-state index contributed by atoms with van der Waals surface area (Å²) in [5.74, 6) is -0.332. The Morgan fingerprint density at radius 3 is 3.00 bits per heavy atom. The van der Waals surface area contributed by atoms with Crippen molar-refractivity contribution in [2.75, 3.05) is 19.7 Å². The molecule has 11 heavy (non-hydrogen) atoms. The molecule has 0 heterocycles. The van der Waals surface area contributed by atoms with Crippen molar-refractivity contribution in [2.45, 2.75) is 13.3 Å². The summed E-state index contributed by atoms with van der Waals surface area (Å²) in [4.78, 5) is 10.5. The van der Waals surface area contributed by atoms with E-state index < -0.39 is 0 Å². The first-order valence-corrected chi connectivity index (χ1v) is 3.92.